The van der Waals surface area contributed by atoms with Gasteiger partial charge in [-0.05, 0) is 31.0 Å². The summed E-state index contributed by atoms with van der Waals surface area (Å²) < 4.78 is 0. The molecule has 3 amide bonds. The summed E-state index contributed by atoms with van der Waals surface area (Å²) in [6, 6.07) is 11.7. The summed E-state index contributed by atoms with van der Waals surface area (Å²) in [5.41, 5.74) is 2.27. The molecule has 0 aliphatic rings. The molecular formula is C21H22N6O4S. The van der Waals surface area contributed by atoms with Crippen LogP contribution in [0.1, 0.15) is 19.4 Å². The number of urea groups is 1. The Kier molecular flexibility index (Phi) is 7.11. The number of carbonyl (C=O) groups is 2. The van der Waals surface area contributed by atoms with Crippen molar-refractivity contribution in [3.8, 4) is 10.6 Å². The standard InChI is InChI=1S/C21H22N6O4S/c1-12(2)17(23-20(29)22-15-7-9-16(10-8-15)27(30)31)18(28)24-21-26-25-19(32-21)14-6-4-5-13(3)11-14/h4-12,17H,1-3H3,(H2,22,23,29)(H,24,26,28)/t17-/m0/s1. The van der Waals surface area contributed by atoms with Crippen LogP contribution in [0, 0.1) is 23.0 Å². The summed E-state index contributed by atoms with van der Waals surface area (Å²) in [6.07, 6.45) is 0. The lowest BCUT2D eigenvalue weighted by molar-refractivity contribution is -0.384. The van der Waals surface area contributed by atoms with Gasteiger partial charge in [0.1, 0.15) is 11.0 Å². The molecule has 0 unspecified atom stereocenters. The van der Waals surface area contributed by atoms with E-state index >= 15 is 0 Å². The number of nitrogens with zero attached hydrogens (tertiary/aromatic N) is 3. The number of nitrogens with one attached hydrogen (secondary N) is 3. The van der Waals surface area contributed by atoms with Crippen LogP contribution in [-0.2, 0) is 4.79 Å². The van der Waals surface area contributed by atoms with E-state index in [-0.39, 0.29) is 11.6 Å². The van der Waals surface area contributed by atoms with Crippen LogP contribution in [-0.4, -0.2) is 33.1 Å². The lowest BCUT2D eigenvalue weighted by atomic mass is 10.0. The molecule has 0 aliphatic carbocycles. The lowest BCUT2D eigenvalue weighted by Gasteiger charge is -2.21. The fourth-order valence-corrected chi connectivity index (χ4v) is 3.60. The molecule has 0 radical (unpaired) electrons. The minimum atomic E-state index is -0.834. The molecule has 0 saturated heterocycles. The molecule has 3 aromatic rings. The van der Waals surface area contributed by atoms with Gasteiger partial charge in [0.15, 0.2) is 0 Å². The number of aryl methyl sites for hydroxylation is 1. The second-order valence-electron chi connectivity index (χ2n) is 7.40. The second-order valence-corrected chi connectivity index (χ2v) is 8.37. The van der Waals surface area contributed by atoms with Gasteiger partial charge in [-0.1, -0.05) is 48.9 Å². The lowest BCUT2D eigenvalue weighted by Crippen LogP contribution is -2.48. The van der Waals surface area contributed by atoms with Crippen molar-refractivity contribution in [3.05, 3.63) is 64.2 Å². The third-order valence-corrected chi connectivity index (χ3v) is 5.38. The zero-order valence-corrected chi connectivity index (χ0v) is 18.5. The van der Waals surface area contributed by atoms with Gasteiger partial charge >= 0.3 is 6.03 Å². The minimum absolute atomic E-state index is 0.0857. The van der Waals surface area contributed by atoms with E-state index in [0.717, 1.165) is 11.1 Å². The summed E-state index contributed by atoms with van der Waals surface area (Å²) in [5.74, 6) is -0.632. The van der Waals surface area contributed by atoms with Gasteiger partial charge in [0.25, 0.3) is 5.69 Å². The Balaban J connectivity index is 1.63. The van der Waals surface area contributed by atoms with Crippen LogP contribution in [0.15, 0.2) is 48.5 Å². The zero-order valence-electron chi connectivity index (χ0n) is 17.7. The molecule has 0 spiro atoms. The number of nitro benzene ring substituents is 1. The third kappa shape index (κ3) is 5.85. The van der Waals surface area contributed by atoms with Crippen molar-refractivity contribution in [1.82, 2.24) is 15.5 Å². The maximum Gasteiger partial charge on any atom is 0.319 e. The average Bonchev–Trinajstić information content (AvgIpc) is 3.20. The van der Waals surface area contributed by atoms with Crippen LogP contribution in [0.3, 0.4) is 0 Å². The van der Waals surface area contributed by atoms with E-state index in [1.807, 2.05) is 31.2 Å². The van der Waals surface area contributed by atoms with Crippen molar-refractivity contribution in [3.63, 3.8) is 0 Å². The summed E-state index contributed by atoms with van der Waals surface area (Å²) >= 11 is 1.24. The van der Waals surface area contributed by atoms with E-state index in [4.69, 9.17) is 0 Å². The second kappa shape index (κ2) is 9.96. The molecule has 1 atom stereocenters. The SMILES string of the molecule is Cc1cccc(-c2nnc(NC(=O)[C@@H](NC(=O)Nc3ccc([N+](=O)[O-])cc3)C(C)C)s2)c1. The van der Waals surface area contributed by atoms with E-state index in [9.17, 15) is 19.7 Å². The molecule has 10 nitrogen and oxygen atoms in total. The van der Waals surface area contributed by atoms with Crippen LogP contribution in [0.4, 0.5) is 21.3 Å². The van der Waals surface area contributed by atoms with E-state index in [1.165, 1.54) is 35.6 Å². The molecule has 3 N–H and O–H groups in total. The number of benzene rings is 2. The van der Waals surface area contributed by atoms with Crippen molar-refractivity contribution in [2.45, 2.75) is 26.8 Å². The molecule has 3 rings (SSSR count). The number of carbonyl (C=O) groups excluding carboxylic acids is 2. The molecule has 166 valence electrons. The van der Waals surface area contributed by atoms with E-state index in [1.54, 1.807) is 13.8 Å². The van der Waals surface area contributed by atoms with Crippen molar-refractivity contribution >= 4 is 39.8 Å². The predicted molar refractivity (Wildman–Crippen MR) is 123 cm³/mol. The Morgan fingerprint density at radius 1 is 1.06 bits per heavy atom. The van der Waals surface area contributed by atoms with Gasteiger partial charge in [0.2, 0.25) is 11.0 Å². The quantitative estimate of drug-likeness (QED) is 0.361. The first-order chi connectivity index (χ1) is 15.2. The van der Waals surface area contributed by atoms with Gasteiger partial charge in [-0.3, -0.25) is 20.2 Å². The fraction of sp³-hybridized carbons (Fsp3) is 0.238. The predicted octanol–water partition coefficient (Wildman–Crippen LogP) is 4.21. The summed E-state index contributed by atoms with van der Waals surface area (Å²) in [5, 5.41) is 27.8. The highest BCUT2D eigenvalue weighted by Gasteiger charge is 2.25. The molecule has 0 saturated carbocycles. The number of hydrogen-bond donors (Lipinski definition) is 3. The molecular weight excluding hydrogens is 432 g/mol. The summed E-state index contributed by atoms with van der Waals surface area (Å²) in [7, 11) is 0. The Morgan fingerprint density at radius 3 is 2.41 bits per heavy atom. The van der Waals surface area contributed by atoms with Crippen molar-refractivity contribution in [1.29, 1.82) is 0 Å². The first kappa shape index (κ1) is 22.8. The highest BCUT2D eigenvalue weighted by atomic mass is 32.1. The van der Waals surface area contributed by atoms with Crippen LogP contribution in [0.5, 0.6) is 0 Å². The van der Waals surface area contributed by atoms with Gasteiger partial charge in [-0.25, -0.2) is 4.79 Å². The normalized spacial score (nSPS) is 11.6. The third-order valence-electron chi connectivity index (χ3n) is 4.49. The van der Waals surface area contributed by atoms with E-state index in [2.05, 4.69) is 26.1 Å². The largest absolute Gasteiger partial charge is 0.326 e. The molecule has 2 aromatic carbocycles. The first-order valence-corrected chi connectivity index (χ1v) is 10.6. The number of amides is 3. The van der Waals surface area contributed by atoms with Gasteiger partial charge in [0.05, 0.1) is 4.92 Å². The van der Waals surface area contributed by atoms with Gasteiger partial charge < -0.3 is 10.6 Å². The van der Waals surface area contributed by atoms with Gasteiger partial charge in [0, 0.05) is 23.4 Å². The Morgan fingerprint density at radius 2 is 1.78 bits per heavy atom. The Labute approximate surface area is 188 Å². The molecule has 0 bridgehead atoms. The van der Waals surface area contributed by atoms with Gasteiger partial charge in [-0.2, -0.15) is 0 Å². The average molecular weight is 455 g/mol. The maximum absolute atomic E-state index is 12.8. The molecule has 11 heteroatoms. The number of rotatable bonds is 7. The zero-order chi connectivity index (χ0) is 23.3. The first-order valence-electron chi connectivity index (χ1n) is 9.76. The highest BCUT2D eigenvalue weighted by Crippen LogP contribution is 2.27. The number of nitro groups is 1. The van der Waals surface area contributed by atoms with Gasteiger partial charge in [-0.15, -0.1) is 10.2 Å². The van der Waals surface area contributed by atoms with Crippen LogP contribution in [0.25, 0.3) is 10.6 Å². The van der Waals surface area contributed by atoms with Crippen molar-refractivity contribution in [2.75, 3.05) is 10.6 Å². The number of aromatic nitrogens is 2. The fourth-order valence-electron chi connectivity index (χ4n) is 2.86. The Hall–Kier alpha value is -3.86. The smallest absolute Gasteiger partial charge is 0.319 e. The minimum Gasteiger partial charge on any atom is -0.326 e. The molecule has 0 aliphatic heterocycles. The van der Waals surface area contributed by atoms with Crippen molar-refractivity contribution in [2.24, 2.45) is 5.92 Å². The summed E-state index contributed by atoms with van der Waals surface area (Å²) in [4.78, 5) is 35.3. The Bertz CT molecular complexity index is 1130. The monoisotopic (exact) mass is 454 g/mol. The number of anilines is 2. The maximum atomic E-state index is 12.8. The highest BCUT2D eigenvalue weighted by molar-refractivity contribution is 7.18. The molecule has 1 aromatic heterocycles. The topological polar surface area (TPSA) is 139 Å². The van der Waals surface area contributed by atoms with E-state index < -0.39 is 22.9 Å². The van der Waals surface area contributed by atoms with Crippen LogP contribution < -0.4 is 16.0 Å². The van der Waals surface area contributed by atoms with E-state index in [0.29, 0.717) is 15.8 Å². The molecule has 32 heavy (non-hydrogen) atoms. The molecule has 0 fully saturated rings. The number of non-ortho nitro benzene ring substituents is 1. The molecule has 1 heterocycles. The summed E-state index contributed by atoms with van der Waals surface area (Å²) in [6.45, 7) is 5.58. The van der Waals surface area contributed by atoms with Crippen LogP contribution >= 0.6 is 11.3 Å². The van der Waals surface area contributed by atoms with Crippen LogP contribution in [0.2, 0.25) is 0 Å². The van der Waals surface area contributed by atoms with Crippen molar-refractivity contribution < 1.29 is 14.5 Å². The number of hydrogen-bond acceptors (Lipinski definition) is 7.